The van der Waals surface area contributed by atoms with Gasteiger partial charge in [0.1, 0.15) is 0 Å². The molecule has 1 aromatic heterocycles. The minimum Gasteiger partial charge on any atom is -0.469 e. The first-order valence-electron chi connectivity index (χ1n) is 8.94. The summed E-state index contributed by atoms with van der Waals surface area (Å²) in [6.45, 7) is 4.61. The first kappa shape index (κ1) is 18.5. The summed E-state index contributed by atoms with van der Waals surface area (Å²) in [5.41, 5.74) is 2.08. The average Bonchev–Trinajstić information content (AvgIpc) is 3.31. The van der Waals surface area contributed by atoms with Gasteiger partial charge in [0.25, 0.3) is 0 Å². The lowest BCUT2D eigenvalue weighted by molar-refractivity contribution is -0.141. The normalized spacial score (nSPS) is 17.0. The Balaban J connectivity index is 1.66. The van der Waals surface area contributed by atoms with Crippen LogP contribution in [-0.4, -0.2) is 53.9 Å². The van der Waals surface area contributed by atoms with Crippen LogP contribution < -0.4 is 0 Å². The third-order valence-electron chi connectivity index (χ3n) is 4.45. The molecule has 26 heavy (non-hydrogen) atoms. The number of ether oxygens (including phenoxy) is 2. The van der Waals surface area contributed by atoms with E-state index in [-0.39, 0.29) is 12.1 Å². The van der Waals surface area contributed by atoms with Crippen molar-refractivity contribution in [3.05, 3.63) is 35.7 Å². The molecule has 7 nitrogen and oxygen atoms in total. The first-order valence-corrected chi connectivity index (χ1v) is 8.94. The molecule has 1 unspecified atom stereocenters. The highest BCUT2D eigenvalue weighted by molar-refractivity contribution is 5.69. The topological polar surface area (TPSA) is 77.7 Å². The molecular weight excluding hydrogens is 334 g/mol. The van der Waals surface area contributed by atoms with Crippen molar-refractivity contribution in [3.8, 4) is 11.4 Å². The molecule has 0 saturated carbocycles. The number of aromatic nitrogens is 2. The number of hydrogen-bond acceptors (Lipinski definition) is 7. The molecule has 0 amide bonds. The highest BCUT2D eigenvalue weighted by atomic mass is 16.5. The predicted octanol–water partition coefficient (Wildman–Crippen LogP) is 2.59. The van der Waals surface area contributed by atoms with Crippen LogP contribution in [0.2, 0.25) is 0 Å². The van der Waals surface area contributed by atoms with Crippen LogP contribution in [0.25, 0.3) is 11.4 Å². The Labute approximate surface area is 153 Å². The molecule has 0 aliphatic carbocycles. The average molecular weight is 359 g/mol. The molecule has 1 aliphatic rings. The van der Waals surface area contributed by atoms with Crippen LogP contribution in [0.5, 0.6) is 0 Å². The SMILES string of the molecule is COC(=O)CCN(Cc1nc(-c2cccc(C)c2)no1)CC1CCCO1. The van der Waals surface area contributed by atoms with Gasteiger partial charge in [0.05, 0.1) is 26.2 Å². The van der Waals surface area contributed by atoms with Crippen LogP contribution in [0.1, 0.15) is 30.7 Å². The van der Waals surface area contributed by atoms with Gasteiger partial charge in [-0.1, -0.05) is 28.9 Å². The van der Waals surface area contributed by atoms with Crippen molar-refractivity contribution in [2.24, 2.45) is 0 Å². The Morgan fingerprint density at radius 1 is 1.42 bits per heavy atom. The number of hydrogen-bond donors (Lipinski definition) is 0. The van der Waals surface area contributed by atoms with E-state index in [1.54, 1.807) is 0 Å². The molecule has 140 valence electrons. The quantitative estimate of drug-likeness (QED) is 0.670. The largest absolute Gasteiger partial charge is 0.469 e. The van der Waals surface area contributed by atoms with E-state index in [9.17, 15) is 4.79 Å². The standard InChI is InChI=1S/C19H25N3O4/c1-14-5-3-6-15(11-14)19-20-17(26-21-19)13-22(9-8-18(23)24-2)12-16-7-4-10-25-16/h3,5-6,11,16H,4,7-10,12-13H2,1-2H3. The van der Waals surface area contributed by atoms with Gasteiger partial charge in [-0.15, -0.1) is 0 Å². The van der Waals surface area contributed by atoms with Crippen LogP contribution in [-0.2, 0) is 20.8 Å². The van der Waals surface area contributed by atoms with Crippen molar-refractivity contribution >= 4 is 5.97 Å². The molecule has 2 aromatic rings. The number of methoxy groups -OCH3 is 1. The van der Waals surface area contributed by atoms with Gasteiger partial charge >= 0.3 is 5.97 Å². The number of aryl methyl sites for hydroxylation is 1. The van der Waals surface area contributed by atoms with E-state index >= 15 is 0 Å². The monoisotopic (exact) mass is 359 g/mol. The highest BCUT2D eigenvalue weighted by Gasteiger charge is 2.22. The van der Waals surface area contributed by atoms with Gasteiger partial charge in [-0.25, -0.2) is 0 Å². The molecule has 2 heterocycles. The second-order valence-corrected chi connectivity index (χ2v) is 6.58. The summed E-state index contributed by atoms with van der Waals surface area (Å²) in [5.74, 6) is 0.881. The molecule has 1 saturated heterocycles. The Hall–Kier alpha value is -2.25. The second-order valence-electron chi connectivity index (χ2n) is 6.58. The van der Waals surface area contributed by atoms with Crippen molar-refractivity contribution < 1.29 is 18.8 Å². The molecule has 1 atom stereocenters. The van der Waals surface area contributed by atoms with Gasteiger partial charge < -0.3 is 14.0 Å². The predicted molar refractivity (Wildman–Crippen MR) is 95.4 cm³/mol. The Kier molecular flexibility index (Phi) is 6.35. The zero-order valence-corrected chi connectivity index (χ0v) is 15.3. The van der Waals surface area contributed by atoms with Crippen LogP contribution in [0.4, 0.5) is 0 Å². The van der Waals surface area contributed by atoms with E-state index < -0.39 is 0 Å². The summed E-state index contributed by atoms with van der Waals surface area (Å²) in [6, 6.07) is 7.99. The lowest BCUT2D eigenvalue weighted by Gasteiger charge is -2.23. The summed E-state index contributed by atoms with van der Waals surface area (Å²) in [4.78, 5) is 18.1. The van der Waals surface area contributed by atoms with Crippen LogP contribution in [0.15, 0.2) is 28.8 Å². The van der Waals surface area contributed by atoms with Crippen molar-refractivity contribution in [2.75, 3.05) is 26.8 Å². The zero-order valence-electron chi connectivity index (χ0n) is 15.3. The highest BCUT2D eigenvalue weighted by Crippen LogP contribution is 2.19. The number of carbonyl (C=O) groups excluding carboxylic acids is 1. The van der Waals surface area contributed by atoms with Crippen molar-refractivity contribution in [3.63, 3.8) is 0 Å². The van der Waals surface area contributed by atoms with Crippen molar-refractivity contribution in [1.29, 1.82) is 0 Å². The lowest BCUT2D eigenvalue weighted by atomic mass is 10.1. The molecule has 0 radical (unpaired) electrons. The molecule has 0 N–H and O–H groups in total. The fourth-order valence-electron chi connectivity index (χ4n) is 3.07. The van der Waals surface area contributed by atoms with E-state index in [0.717, 1.165) is 37.1 Å². The second kappa shape index (κ2) is 8.91. The third kappa shape index (κ3) is 5.12. The van der Waals surface area contributed by atoms with E-state index in [1.165, 1.54) is 7.11 Å². The third-order valence-corrected chi connectivity index (χ3v) is 4.45. The molecule has 1 aliphatic heterocycles. The molecule has 0 spiro atoms. The van der Waals surface area contributed by atoms with Gasteiger partial charge in [-0.3, -0.25) is 9.69 Å². The summed E-state index contributed by atoms with van der Waals surface area (Å²) in [6.07, 6.45) is 2.62. The Morgan fingerprint density at radius 3 is 3.04 bits per heavy atom. The maximum absolute atomic E-state index is 11.5. The van der Waals surface area contributed by atoms with Crippen molar-refractivity contribution in [2.45, 2.75) is 38.8 Å². The van der Waals surface area contributed by atoms with Gasteiger partial charge in [0, 0.05) is 25.3 Å². The zero-order chi connectivity index (χ0) is 18.4. The van der Waals surface area contributed by atoms with Gasteiger partial charge in [-0.2, -0.15) is 4.98 Å². The minimum atomic E-state index is -0.228. The fourth-order valence-corrected chi connectivity index (χ4v) is 3.07. The molecule has 1 aromatic carbocycles. The van der Waals surface area contributed by atoms with Gasteiger partial charge in [0.2, 0.25) is 11.7 Å². The van der Waals surface area contributed by atoms with Crippen LogP contribution in [0.3, 0.4) is 0 Å². The molecule has 0 bridgehead atoms. The number of nitrogens with zero attached hydrogens (tertiary/aromatic N) is 3. The van der Waals surface area contributed by atoms with E-state index in [1.807, 2.05) is 31.2 Å². The Bertz CT molecular complexity index is 725. The maximum Gasteiger partial charge on any atom is 0.306 e. The number of carbonyl (C=O) groups is 1. The number of esters is 1. The van der Waals surface area contributed by atoms with E-state index in [4.69, 9.17) is 14.0 Å². The van der Waals surface area contributed by atoms with Gasteiger partial charge in [-0.05, 0) is 25.8 Å². The Morgan fingerprint density at radius 2 is 2.31 bits per heavy atom. The molecular formula is C19H25N3O4. The van der Waals surface area contributed by atoms with Gasteiger partial charge in [0.15, 0.2) is 0 Å². The van der Waals surface area contributed by atoms with Crippen molar-refractivity contribution in [1.82, 2.24) is 15.0 Å². The van der Waals surface area contributed by atoms with E-state index in [2.05, 4.69) is 15.0 Å². The number of rotatable bonds is 8. The smallest absolute Gasteiger partial charge is 0.306 e. The first-order chi connectivity index (χ1) is 12.6. The van der Waals surface area contributed by atoms with E-state index in [0.29, 0.717) is 31.2 Å². The van der Waals surface area contributed by atoms with Crippen LogP contribution >= 0.6 is 0 Å². The molecule has 1 fully saturated rings. The summed E-state index contributed by atoms with van der Waals surface area (Å²) in [7, 11) is 1.40. The lowest BCUT2D eigenvalue weighted by Crippen LogP contribution is -2.33. The fraction of sp³-hybridized carbons (Fsp3) is 0.526. The van der Waals surface area contributed by atoms with Crippen LogP contribution in [0, 0.1) is 6.92 Å². The maximum atomic E-state index is 11.5. The molecule has 3 rings (SSSR count). The molecule has 7 heteroatoms. The summed E-state index contributed by atoms with van der Waals surface area (Å²) in [5, 5.41) is 4.09. The number of benzene rings is 1. The minimum absolute atomic E-state index is 0.187. The summed E-state index contributed by atoms with van der Waals surface area (Å²) < 4.78 is 15.9. The summed E-state index contributed by atoms with van der Waals surface area (Å²) >= 11 is 0.